The molecule has 0 saturated carbocycles. The molecule has 2 aliphatic rings. The first-order valence-electron chi connectivity index (χ1n) is 7.27. The number of aromatic nitrogens is 2. The van der Waals surface area contributed by atoms with E-state index >= 15 is 0 Å². The van der Waals surface area contributed by atoms with Crippen LogP contribution < -0.4 is 5.32 Å². The monoisotopic (exact) mass is 248 g/mol. The average molecular weight is 248 g/mol. The molecule has 0 radical (unpaired) electrons. The summed E-state index contributed by atoms with van der Waals surface area (Å²) in [5.74, 6) is 1.28. The van der Waals surface area contributed by atoms with Crippen LogP contribution in [-0.4, -0.2) is 40.6 Å². The van der Waals surface area contributed by atoms with Gasteiger partial charge < -0.3 is 14.8 Å². The maximum absolute atomic E-state index is 4.82. The van der Waals surface area contributed by atoms with Crippen LogP contribution >= 0.6 is 0 Å². The summed E-state index contributed by atoms with van der Waals surface area (Å²) in [6.07, 6.45) is 4.87. The van der Waals surface area contributed by atoms with Crippen LogP contribution in [0.15, 0.2) is 0 Å². The maximum atomic E-state index is 4.82. The average Bonchev–Trinajstić information content (AvgIpc) is 2.95. The second kappa shape index (κ2) is 5.02. The van der Waals surface area contributed by atoms with Gasteiger partial charge in [0.15, 0.2) is 0 Å². The van der Waals surface area contributed by atoms with Crippen molar-refractivity contribution in [3.63, 3.8) is 0 Å². The van der Waals surface area contributed by atoms with Crippen LogP contribution in [-0.2, 0) is 25.9 Å². The van der Waals surface area contributed by atoms with Crippen molar-refractivity contribution in [3.05, 3.63) is 17.2 Å². The lowest BCUT2D eigenvalue weighted by atomic mass is 10.1. The summed E-state index contributed by atoms with van der Waals surface area (Å²) < 4.78 is 2.52. The number of aryl methyl sites for hydroxylation is 1. The zero-order valence-corrected chi connectivity index (χ0v) is 11.6. The highest BCUT2D eigenvalue weighted by Gasteiger charge is 2.25. The molecule has 2 aliphatic heterocycles. The van der Waals surface area contributed by atoms with E-state index in [-0.39, 0.29) is 0 Å². The Morgan fingerprint density at radius 1 is 1.44 bits per heavy atom. The fourth-order valence-electron chi connectivity index (χ4n) is 3.33. The van der Waals surface area contributed by atoms with Gasteiger partial charge in [-0.15, -0.1) is 0 Å². The Hall–Kier alpha value is -0.870. The van der Waals surface area contributed by atoms with E-state index in [9.17, 15) is 0 Å². The molecule has 4 heteroatoms. The smallest absolute Gasteiger partial charge is 0.109 e. The molecule has 1 fully saturated rings. The van der Waals surface area contributed by atoms with Crippen LogP contribution in [0.2, 0.25) is 0 Å². The van der Waals surface area contributed by atoms with E-state index in [0.717, 1.165) is 32.5 Å². The summed E-state index contributed by atoms with van der Waals surface area (Å²) >= 11 is 0. The van der Waals surface area contributed by atoms with E-state index in [4.69, 9.17) is 4.98 Å². The fourth-order valence-corrected chi connectivity index (χ4v) is 3.33. The van der Waals surface area contributed by atoms with Crippen molar-refractivity contribution in [2.45, 2.75) is 51.7 Å². The Kier molecular flexibility index (Phi) is 3.39. The van der Waals surface area contributed by atoms with Gasteiger partial charge in [-0.2, -0.15) is 0 Å². The molecule has 0 spiro atoms. The Morgan fingerprint density at radius 2 is 2.33 bits per heavy atom. The third-order valence-electron chi connectivity index (χ3n) is 4.45. The highest BCUT2D eigenvalue weighted by atomic mass is 15.2. The first-order valence-corrected chi connectivity index (χ1v) is 7.27. The van der Waals surface area contributed by atoms with Crippen molar-refractivity contribution in [2.24, 2.45) is 0 Å². The van der Waals surface area contributed by atoms with Crippen LogP contribution in [0.3, 0.4) is 0 Å². The van der Waals surface area contributed by atoms with E-state index in [1.54, 1.807) is 0 Å². The summed E-state index contributed by atoms with van der Waals surface area (Å²) in [5, 5.41) is 3.42. The van der Waals surface area contributed by atoms with Crippen LogP contribution in [0.4, 0.5) is 0 Å². The lowest BCUT2D eigenvalue weighted by Crippen LogP contribution is -2.32. The second-order valence-corrected chi connectivity index (χ2v) is 5.59. The summed E-state index contributed by atoms with van der Waals surface area (Å²) in [6.45, 7) is 6.67. The molecule has 0 aliphatic carbocycles. The molecule has 1 atom stereocenters. The SMILES string of the molecule is CCc1nc2c(n1CC1CCCN1C)CCNC2. The number of hydrogen-bond acceptors (Lipinski definition) is 3. The van der Waals surface area contributed by atoms with E-state index in [2.05, 4.69) is 28.8 Å². The number of rotatable bonds is 3. The first kappa shape index (κ1) is 12.2. The molecule has 1 aromatic rings. The number of imidazole rings is 1. The van der Waals surface area contributed by atoms with E-state index in [0.29, 0.717) is 6.04 Å². The zero-order valence-electron chi connectivity index (χ0n) is 11.6. The topological polar surface area (TPSA) is 33.1 Å². The predicted molar refractivity (Wildman–Crippen MR) is 72.7 cm³/mol. The first-order chi connectivity index (χ1) is 8.79. The highest BCUT2D eigenvalue weighted by molar-refractivity contribution is 5.20. The number of likely N-dealkylation sites (tertiary alicyclic amines) is 1. The molecule has 0 bridgehead atoms. The van der Waals surface area contributed by atoms with Crippen LogP contribution in [0, 0.1) is 0 Å². The Bertz CT molecular complexity index is 424. The van der Waals surface area contributed by atoms with E-state index < -0.39 is 0 Å². The van der Waals surface area contributed by atoms with Gasteiger partial charge in [-0.1, -0.05) is 6.92 Å². The summed E-state index contributed by atoms with van der Waals surface area (Å²) in [6, 6.07) is 0.712. The summed E-state index contributed by atoms with van der Waals surface area (Å²) in [5.41, 5.74) is 2.78. The minimum absolute atomic E-state index is 0.712. The maximum Gasteiger partial charge on any atom is 0.109 e. The van der Waals surface area contributed by atoms with Crippen molar-refractivity contribution in [2.75, 3.05) is 20.1 Å². The molecule has 1 N–H and O–H groups in total. The van der Waals surface area contributed by atoms with Gasteiger partial charge in [0.1, 0.15) is 5.82 Å². The standard InChI is InChI=1S/C14H24N4/c1-3-14-16-12-9-15-7-6-13(12)18(14)10-11-5-4-8-17(11)2/h11,15H,3-10H2,1-2H3. The number of fused-ring (bicyclic) bond motifs is 1. The van der Waals surface area contributed by atoms with Gasteiger partial charge in [0, 0.05) is 44.2 Å². The quantitative estimate of drug-likeness (QED) is 0.872. The molecule has 0 aromatic carbocycles. The molecule has 18 heavy (non-hydrogen) atoms. The predicted octanol–water partition coefficient (Wildman–Crippen LogP) is 1.19. The van der Waals surface area contributed by atoms with Crippen molar-refractivity contribution in [1.29, 1.82) is 0 Å². The van der Waals surface area contributed by atoms with Crippen molar-refractivity contribution in [3.8, 4) is 0 Å². The minimum atomic E-state index is 0.712. The molecule has 1 aromatic heterocycles. The number of nitrogens with zero attached hydrogens (tertiary/aromatic N) is 3. The molecule has 4 nitrogen and oxygen atoms in total. The summed E-state index contributed by atoms with van der Waals surface area (Å²) in [4.78, 5) is 7.33. The molecular formula is C14H24N4. The Labute approximate surface area is 109 Å². The largest absolute Gasteiger partial charge is 0.330 e. The van der Waals surface area contributed by atoms with Crippen LogP contribution in [0.25, 0.3) is 0 Å². The molecular weight excluding hydrogens is 224 g/mol. The van der Waals surface area contributed by atoms with Gasteiger partial charge in [0.05, 0.1) is 5.69 Å². The van der Waals surface area contributed by atoms with Gasteiger partial charge in [0.2, 0.25) is 0 Å². The molecule has 0 amide bonds. The Balaban J connectivity index is 1.87. The van der Waals surface area contributed by atoms with Gasteiger partial charge in [-0.3, -0.25) is 0 Å². The number of nitrogens with one attached hydrogen (secondary N) is 1. The van der Waals surface area contributed by atoms with Crippen molar-refractivity contribution in [1.82, 2.24) is 19.8 Å². The second-order valence-electron chi connectivity index (χ2n) is 5.59. The van der Waals surface area contributed by atoms with Gasteiger partial charge in [-0.05, 0) is 26.4 Å². The molecule has 100 valence electrons. The minimum Gasteiger partial charge on any atom is -0.330 e. The zero-order chi connectivity index (χ0) is 12.5. The fraction of sp³-hybridized carbons (Fsp3) is 0.786. The van der Waals surface area contributed by atoms with Crippen molar-refractivity contribution >= 4 is 0 Å². The third-order valence-corrected chi connectivity index (χ3v) is 4.45. The van der Waals surface area contributed by atoms with Gasteiger partial charge >= 0.3 is 0 Å². The van der Waals surface area contributed by atoms with E-state index in [1.807, 2.05) is 0 Å². The third kappa shape index (κ3) is 2.08. The number of hydrogen-bond donors (Lipinski definition) is 1. The summed E-state index contributed by atoms with van der Waals surface area (Å²) in [7, 11) is 2.26. The molecule has 1 unspecified atom stereocenters. The van der Waals surface area contributed by atoms with Gasteiger partial charge in [0.25, 0.3) is 0 Å². The highest BCUT2D eigenvalue weighted by Crippen LogP contribution is 2.22. The van der Waals surface area contributed by atoms with Crippen molar-refractivity contribution < 1.29 is 0 Å². The lowest BCUT2D eigenvalue weighted by Gasteiger charge is -2.23. The van der Waals surface area contributed by atoms with Crippen LogP contribution in [0.5, 0.6) is 0 Å². The van der Waals surface area contributed by atoms with Crippen LogP contribution in [0.1, 0.15) is 37.0 Å². The molecule has 3 heterocycles. The van der Waals surface area contributed by atoms with E-state index in [1.165, 1.54) is 36.6 Å². The lowest BCUT2D eigenvalue weighted by molar-refractivity contribution is 0.277. The number of likely N-dealkylation sites (N-methyl/N-ethyl adjacent to an activating group) is 1. The Morgan fingerprint density at radius 3 is 3.06 bits per heavy atom. The molecule has 3 rings (SSSR count). The normalized spacial score (nSPS) is 24.4. The van der Waals surface area contributed by atoms with Gasteiger partial charge in [-0.25, -0.2) is 4.98 Å². The molecule has 1 saturated heterocycles.